The van der Waals surface area contributed by atoms with E-state index < -0.39 is 11.6 Å². The fourth-order valence-corrected chi connectivity index (χ4v) is 4.24. The molecule has 0 atom stereocenters. The zero-order chi connectivity index (χ0) is 19.3. The number of nitrogens with zero attached hydrogens (tertiary/aromatic N) is 2. The van der Waals surface area contributed by atoms with E-state index in [4.69, 9.17) is 16.3 Å². The number of piperidine rings is 1. The van der Waals surface area contributed by atoms with Crippen molar-refractivity contribution < 1.29 is 14.3 Å². The van der Waals surface area contributed by atoms with Crippen LogP contribution in [-0.4, -0.2) is 45.7 Å². The number of fused-ring (bicyclic) bond motifs is 2. The SMILES string of the molecule is O=C(c1cc(Cl)c2[nH]ncc2c1)N1C(=O)c2ccccc2OC12CCNCC2. The summed E-state index contributed by atoms with van der Waals surface area (Å²) in [5, 5.41) is 11.1. The van der Waals surface area contributed by atoms with E-state index in [0.29, 0.717) is 58.7 Å². The first kappa shape index (κ1) is 17.2. The van der Waals surface area contributed by atoms with Gasteiger partial charge in [-0.25, -0.2) is 4.90 Å². The molecule has 2 aliphatic rings. The number of rotatable bonds is 1. The van der Waals surface area contributed by atoms with Gasteiger partial charge in [-0.15, -0.1) is 0 Å². The molecule has 2 amide bonds. The molecule has 0 unspecified atom stereocenters. The number of aromatic nitrogens is 2. The number of amides is 2. The molecule has 1 aromatic heterocycles. The number of carbonyl (C=O) groups excluding carboxylic acids is 2. The number of nitrogens with one attached hydrogen (secondary N) is 2. The highest BCUT2D eigenvalue weighted by molar-refractivity contribution is 6.35. The van der Waals surface area contributed by atoms with Crippen molar-refractivity contribution in [2.24, 2.45) is 0 Å². The van der Waals surface area contributed by atoms with E-state index in [1.165, 1.54) is 4.90 Å². The molecule has 28 heavy (non-hydrogen) atoms. The zero-order valence-electron chi connectivity index (χ0n) is 14.9. The van der Waals surface area contributed by atoms with Crippen LogP contribution in [0.1, 0.15) is 33.6 Å². The Hall–Kier alpha value is -2.90. The second kappa shape index (κ2) is 6.32. The molecule has 2 aliphatic heterocycles. The van der Waals surface area contributed by atoms with Gasteiger partial charge in [0.1, 0.15) is 5.75 Å². The Kier molecular flexibility index (Phi) is 3.89. The normalized spacial score (nSPS) is 18.2. The highest BCUT2D eigenvalue weighted by Gasteiger charge is 2.50. The van der Waals surface area contributed by atoms with Crippen molar-refractivity contribution in [2.45, 2.75) is 18.6 Å². The van der Waals surface area contributed by atoms with Gasteiger partial charge in [0.2, 0.25) is 0 Å². The van der Waals surface area contributed by atoms with Gasteiger partial charge in [-0.1, -0.05) is 23.7 Å². The van der Waals surface area contributed by atoms with Gasteiger partial charge < -0.3 is 10.1 Å². The fourth-order valence-electron chi connectivity index (χ4n) is 3.98. The minimum atomic E-state index is -1.01. The van der Waals surface area contributed by atoms with Gasteiger partial charge in [0.05, 0.1) is 22.3 Å². The summed E-state index contributed by atoms with van der Waals surface area (Å²) in [4.78, 5) is 28.2. The maximum atomic E-state index is 13.5. The van der Waals surface area contributed by atoms with Crippen molar-refractivity contribution in [1.82, 2.24) is 20.4 Å². The molecule has 3 heterocycles. The van der Waals surface area contributed by atoms with Crippen LogP contribution in [0.5, 0.6) is 5.75 Å². The van der Waals surface area contributed by atoms with Crippen molar-refractivity contribution in [3.63, 3.8) is 0 Å². The third-order valence-corrected chi connectivity index (χ3v) is 5.66. The third-order valence-electron chi connectivity index (χ3n) is 5.36. The van der Waals surface area contributed by atoms with Gasteiger partial charge in [0, 0.05) is 36.9 Å². The lowest BCUT2D eigenvalue weighted by molar-refractivity contribution is -0.0776. The Morgan fingerprint density at radius 3 is 2.82 bits per heavy atom. The Balaban J connectivity index is 1.64. The molecule has 2 aromatic carbocycles. The summed E-state index contributed by atoms with van der Waals surface area (Å²) < 4.78 is 6.28. The molecule has 0 aliphatic carbocycles. The van der Waals surface area contributed by atoms with Crippen LogP contribution in [0.25, 0.3) is 10.9 Å². The summed E-state index contributed by atoms with van der Waals surface area (Å²) in [5.74, 6) is -0.259. The maximum absolute atomic E-state index is 13.5. The number of hydrogen-bond acceptors (Lipinski definition) is 5. The molecule has 142 valence electrons. The standard InChI is InChI=1S/C20H17ClN4O3/c21-15-10-12(9-13-11-23-24-17(13)15)18(26)25-19(27)14-3-1-2-4-16(14)28-20(25)5-7-22-8-6-20/h1-4,9-11,22H,5-8H2,(H,23,24). The average Bonchev–Trinajstić information content (AvgIpc) is 3.18. The van der Waals surface area contributed by atoms with Crippen LogP contribution in [0, 0.1) is 0 Å². The summed E-state index contributed by atoms with van der Waals surface area (Å²) in [5.41, 5.74) is 0.357. The van der Waals surface area contributed by atoms with Gasteiger partial charge in [-0.05, 0) is 24.3 Å². The molecule has 3 aromatic rings. The minimum Gasteiger partial charge on any atom is -0.466 e. The Morgan fingerprint density at radius 1 is 1.21 bits per heavy atom. The largest absolute Gasteiger partial charge is 0.466 e. The predicted molar refractivity (Wildman–Crippen MR) is 104 cm³/mol. The van der Waals surface area contributed by atoms with Crippen LogP contribution in [0.4, 0.5) is 0 Å². The number of H-pyrrole nitrogens is 1. The monoisotopic (exact) mass is 396 g/mol. The van der Waals surface area contributed by atoms with Gasteiger partial charge in [0.15, 0.2) is 5.72 Å². The van der Waals surface area contributed by atoms with Gasteiger partial charge >= 0.3 is 0 Å². The van der Waals surface area contributed by atoms with E-state index in [9.17, 15) is 9.59 Å². The first-order valence-electron chi connectivity index (χ1n) is 9.09. The van der Waals surface area contributed by atoms with E-state index >= 15 is 0 Å². The molecular formula is C20H17ClN4O3. The first-order chi connectivity index (χ1) is 13.6. The lowest BCUT2D eigenvalue weighted by Gasteiger charge is -2.47. The lowest BCUT2D eigenvalue weighted by atomic mass is 9.94. The van der Waals surface area contributed by atoms with Crippen LogP contribution in [0.3, 0.4) is 0 Å². The Morgan fingerprint density at radius 2 is 2.00 bits per heavy atom. The molecule has 1 fully saturated rings. The Bertz CT molecular complexity index is 1100. The fraction of sp³-hybridized carbons (Fsp3) is 0.250. The van der Waals surface area contributed by atoms with Crippen LogP contribution < -0.4 is 10.1 Å². The second-order valence-corrected chi connectivity index (χ2v) is 7.44. The van der Waals surface area contributed by atoms with Crippen molar-refractivity contribution in [3.8, 4) is 5.75 Å². The number of hydrogen-bond donors (Lipinski definition) is 2. The van der Waals surface area contributed by atoms with Crippen molar-refractivity contribution in [3.05, 3.63) is 58.7 Å². The topological polar surface area (TPSA) is 87.3 Å². The van der Waals surface area contributed by atoms with Gasteiger partial charge in [0.25, 0.3) is 11.8 Å². The number of halogens is 1. The summed E-state index contributed by atoms with van der Waals surface area (Å²) in [6.45, 7) is 1.31. The molecule has 8 heteroatoms. The van der Waals surface area contributed by atoms with Gasteiger partial charge in [-0.3, -0.25) is 14.7 Å². The number of ether oxygens (including phenoxy) is 1. The molecule has 0 saturated carbocycles. The average molecular weight is 397 g/mol. The minimum absolute atomic E-state index is 0.327. The van der Waals surface area contributed by atoms with Crippen molar-refractivity contribution >= 4 is 34.3 Å². The lowest BCUT2D eigenvalue weighted by Crippen LogP contribution is -2.64. The van der Waals surface area contributed by atoms with E-state index in [0.717, 1.165) is 0 Å². The molecular weight excluding hydrogens is 380 g/mol. The second-order valence-electron chi connectivity index (χ2n) is 7.03. The molecule has 2 N–H and O–H groups in total. The van der Waals surface area contributed by atoms with Crippen molar-refractivity contribution in [1.29, 1.82) is 0 Å². The third kappa shape index (κ3) is 2.51. The molecule has 1 saturated heterocycles. The van der Waals surface area contributed by atoms with E-state index in [1.807, 2.05) is 6.07 Å². The summed E-state index contributed by atoms with van der Waals surface area (Å²) in [6, 6.07) is 10.3. The molecule has 7 nitrogen and oxygen atoms in total. The number of para-hydroxylation sites is 1. The number of imide groups is 1. The van der Waals surface area contributed by atoms with E-state index in [1.54, 1.807) is 36.5 Å². The summed E-state index contributed by atoms with van der Waals surface area (Å²) >= 11 is 6.31. The van der Waals surface area contributed by atoms with Gasteiger partial charge in [-0.2, -0.15) is 5.10 Å². The van der Waals surface area contributed by atoms with Crippen molar-refractivity contribution in [2.75, 3.05) is 13.1 Å². The molecule has 1 spiro atoms. The smallest absolute Gasteiger partial charge is 0.267 e. The highest BCUT2D eigenvalue weighted by atomic mass is 35.5. The van der Waals surface area contributed by atoms with Crippen LogP contribution in [0.15, 0.2) is 42.6 Å². The van der Waals surface area contributed by atoms with Crippen LogP contribution >= 0.6 is 11.6 Å². The van der Waals surface area contributed by atoms with E-state index in [2.05, 4.69) is 15.5 Å². The van der Waals surface area contributed by atoms with E-state index in [-0.39, 0.29) is 5.91 Å². The quantitative estimate of drug-likeness (QED) is 0.617. The first-order valence-corrected chi connectivity index (χ1v) is 9.47. The zero-order valence-corrected chi connectivity index (χ0v) is 15.6. The molecule has 0 radical (unpaired) electrons. The number of benzene rings is 2. The molecule has 0 bridgehead atoms. The highest BCUT2D eigenvalue weighted by Crippen LogP contribution is 2.39. The number of carbonyl (C=O) groups is 2. The summed E-state index contributed by atoms with van der Waals surface area (Å²) in [6.07, 6.45) is 2.63. The predicted octanol–water partition coefficient (Wildman–Crippen LogP) is 2.97. The molecule has 5 rings (SSSR count). The Labute approximate surface area is 165 Å². The summed E-state index contributed by atoms with van der Waals surface area (Å²) in [7, 11) is 0. The number of aromatic amines is 1. The van der Waals surface area contributed by atoms with Crippen LogP contribution in [0.2, 0.25) is 5.02 Å². The maximum Gasteiger partial charge on any atom is 0.267 e. The van der Waals surface area contributed by atoms with Crippen LogP contribution in [-0.2, 0) is 0 Å².